The predicted molar refractivity (Wildman–Crippen MR) is 67.2 cm³/mol. The van der Waals surface area contributed by atoms with Crippen LogP contribution in [0.15, 0.2) is 42.5 Å². The highest BCUT2D eigenvalue weighted by molar-refractivity contribution is 5.86. The van der Waals surface area contributed by atoms with E-state index in [-0.39, 0.29) is 18.4 Å². The fourth-order valence-corrected chi connectivity index (χ4v) is 1.70. The van der Waals surface area contributed by atoms with Crippen LogP contribution in [0, 0.1) is 0 Å². The molecule has 15 heavy (non-hydrogen) atoms. The summed E-state index contributed by atoms with van der Waals surface area (Å²) in [6, 6.07) is 14.3. The van der Waals surface area contributed by atoms with Gasteiger partial charge < -0.3 is 11.5 Å². The molecule has 4 N–H and O–H groups in total. The van der Waals surface area contributed by atoms with E-state index in [0.717, 1.165) is 5.56 Å². The summed E-state index contributed by atoms with van der Waals surface area (Å²) in [6.45, 7) is 0.480. The minimum atomic E-state index is -0.0684. The normalized spacial score (nSPS) is 12.1. The van der Waals surface area contributed by atoms with Crippen LogP contribution in [0.4, 0.5) is 0 Å². The SMILES string of the molecule is Cl.NC[C@@H](N)c1cccc2ccccc12. The van der Waals surface area contributed by atoms with Gasteiger partial charge in [-0.05, 0) is 16.3 Å². The quantitative estimate of drug-likeness (QED) is 0.819. The van der Waals surface area contributed by atoms with Crippen LogP contribution in [0.1, 0.15) is 11.6 Å². The van der Waals surface area contributed by atoms with Crippen LogP contribution in [0.5, 0.6) is 0 Å². The molecule has 0 spiro atoms. The fourth-order valence-electron chi connectivity index (χ4n) is 1.70. The largest absolute Gasteiger partial charge is 0.329 e. The van der Waals surface area contributed by atoms with Gasteiger partial charge in [-0.1, -0.05) is 42.5 Å². The van der Waals surface area contributed by atoms with Gasteiger partial charge in [0.05, 0.1) is 0 Å². The number of hydrogen-bond acceptors (Lipinski definition) is 2. The minimum Gasteiger partial charge on any atom is -0.329 e. The molecule has 0 unspecified atom stereocenters. The molecular weight excluding hydrogens is 208 g/mol. The van der Waals surface area contributed by atoms with Crippen LogP contribution in [0.2, 0.25) is 0 Å². The first-order valence-corrected chi connectivity index (χ1v) is 4.76. The number of hydrogen-bond donors (Lipinski definition) is 2. The molecule has 2 aromatic carbocycles. The number of halogens is 1. The van der Waals surface area contributed by atoms with Gasteiger partial charge in [-0.15, -0.1) is 12.4 Å². The van der Waals surface area contributed by atoms with Crippen molar-refractivity contribution in [2.24, 2.45) is 11.5 Å². The van der Waals surface area contributed by atoms with Crippen molar-refractivity contribution in [1.82, 2.24) is 0 Å². The molecule has 0 aromatic heterocycles. The summed E-state index contributed by atoms with van der Waals surface area (Å²) in [5.74, 6) is 0. The monoisotopic (exact) mass is 222 g/mol. The zero-order valence-corrected chi connectivity index (χ0v) is 9.21. The van der Waals surface area contributed by atoms with E-state index in [1.165, 1.54) is 10.8 Å². The Morgan fingerprint density at radius 3 is 2.40 bits per heavy atom. The Kier molecular flexibility index (Phi) is 4.09. The summed E-state index contributed by atoms with van der Waals surface area (Å²) < 4.78 is 0. The fraction of sp³-hybridized carbons (Fsp3) is 0.167. The number of fused-ring (bicyclic) bond motifs is 1. The van der Waals surface area contributed by atoms with E-state index in [4.69, 9.17) is 11.5 Å². The molecule has 1 atom stereocenters. The van der Waals surface area contributed by atoms with Crippen molar-refractivity contribution < 1.29 is 0 Å². The molecule has 2 rings (SSSR count). The van der Waals surface area contributed by atoms with Gasteiger partial charge in [-0.3, -0.25) is 0 Å². The van der Waals surface area contributed by atoms with Crippen molar-refractivity contribution in [2.45, 2.75) is 6.04 Å². The molecule has 0 bridgehead atoms. The second-order valence-electron chi connectivity index (χ2n) is 3.41. The lowest BCUT2D eigenvalue weighted by Crippen LogP contribution is -2.20. The Hall–Kier alpha value is -1.09. The maximum atomic E-state index is 5.94. The van der Waals surface area contributed by atoms with Gasteiger partial charge in [0, 0.05) is 12.6 Å². The van der Waals surface area contributed by atoms with Crippen LogP contribution in [-0.4, -0.2) is 6.54 Å². The van der Waals surface area contributed by atoms with E-state index in [2.05, 4.69) is 18.2 Å². The first kappa shape index (κ1) is 12.0. The van der Waals surface area contributed by atoms with E-state index in [9.17, 15) is 0 Å². The molecule has 2 aromatic rings. The molecule has 0 heterocycles. The van der Waals surface area contributed by atoms with Gasteiger partial charge >= 0.3 is 0 Å². The molecule has 0 saturated heterocycles. The lowest BCUT2D eigenvalue weighted by Gasteiger charge is -2.12. The van der Waals surface area contributed by atoms with Crippen LogP contribution >= 0.6 is 12.4 Å². The number of rotatable bonds is 2. The third-order valence-electron chi connectivity index (χ3n) is 2.48. The molecule has 80 valence electrons. The summed E-state index contributed by atoms with van der Waals surface area (Å²) in [6.07, 6.45) is 0. The summed E-state index contributed by atoms with van der Waals surface area (Å²) in [5.41, 5.74) is 12.6. The Morgan fingerprint density at radius 1 is 1.00 bits per heavy atom. The van der Waals surface area contributed by atoms with Crippen molar-refractivity contribution >= 4 is 23.2 Å². The van der Waals surface area contributed by atoms with E-state index >= 15 is 0 Å². The summed E-state index contributed by atoms with van der Waals surface area (Å²) in [4.78, 5) is 0. The third-order valence-corrected chi connectivity index (χ3v) is 2.48. The topological polar surface area (TPSA) is 52.0 Å². The minimum absolute atomic E-state index is 0. The Morgan fingerprint density at radius 2 is 1.67 bits per heavy atom. The average molecular weight is 223 g/mol. The molecule has 0 saturated carbocycles. The maximum absolute atomic E-state index is 5.94. The van der Waals surface area contributed by atoms with Gasteiger partial charge in [0.1, 0.15) is 0 Å². The van der Waals surface area contributed by atoms with Crippen LogP contribution in [0.3, 0.4) is 0 Å². The average Bonchev–Trinajstić information content (AvgIpc) is 2.27. The highest BCUT2D eigenvalue weighted by atomic mass is 35.5. The van der Waals surface area contributed by atoms with Crippen molar-refractivity contribution in [3.8, 4) is 0 Å². The predicted octanol–water partition coefficient (Wildman–Crippen LogP) is 2.22. The Bertz CT molecular complexity index is 437. The van der Waals surface area contributed by atoms with Crippen molar-refractivity contribution in [1.29, 1.82) is 0 Å². The smallest absolute Gasteiger partial charge is 0.0425 e. The first-order valence-electron chi connectivity index (χ1n) is 4.76. The standard InChI is InChI=1S/C12H14N2.ClH/c13-8-12(14)11-7-3-5-9-4-1-2-6-10(9)11;/h1-7,12H,8,13-14H2;1H/t12-;/m1./s1. The molecule has 0 radical (unpaired) electrons. The zero-order valence-electron chi connectivity index (χ0n) is 8.39. The highest BCUT2D eigenvalue weighted by Crippen LogP contribution is 2.22. The zero-order chi connectivity index (χ0) is 9.97. The van der Waals surface area contributed by atoms with E-state index < -0.39 is 0 Å². The van der Waals surface area contributed by atoms with Gasteiger partial charge in [0.15, 0.2) is 0 Å². The summed E-state index contributed by atoms with van der Waals surface area (Å²) >= 11 is 0. The van der Waals surface area contributed by atoms with E-state index in [0.29, 0.717) is 6.54 Å². The molecule has 0 fully saturated rings. The van der Waals surface area contributed by atoms with Crippen molar-refractivity contribution in [3.05, 3.63) is 48.0 Å². The molecule has 0 amide bonds. The van der Waals surface area contributed by atoms with Gasteiger partial charge in [-0.2, -0.15) is 0 Å². The van der Waals surface area contributed by atoms with Gasteiger partial charge in [0.25, 0.3) is 0 Å². The molecule has 0 aliphatic heterocycles. The second kappa shape index (κ2) is 5.12. The number of benzene rings is 2. The second-order valence-corrected chi connectivity index (χ2v) is 3.41. The summed E-state index contributed by atoms with van der Waals surface area (Å²) in [5, 5.41) is 2.42. The Balaban J connectivity index is 0.00000112. The van der Waals surface area contributed by atoms with Crippen molar-refractivity contribution in [2.75, 3.05) is 6.54 Å². The molecule has 0 aliphatic rings. The highest BCUT2D eigenvalue weighted by Gasteiger charge is 2.06. The third kappa shape index (κ3) is 2.29. The number of nitrogens with two attached hydrogens (primary N) is 2. The lowest BCUT2D eigenvalue weighted by atomic mass is 9.99. The van der Waals surface area contributed by atoms with Crippen molar-refractivity contribution in [3.63, 3.8) is 0 Å². The van der Waals surface area contributed by atoms with Gasteiger partial charge in [0.2, 0.25) is 0 Å². The lowest BCUT2D eigenvalue weighted by molar-refractivity contribution is 0.743. The molecule has 2 nitrogen and oxygen atoms in total. The van der Waals surface area contributed by atoms with E-state index in [1.807, 2.05) is 24.3 Å². The maximum Gasteiger partial charge on any atom is 0.0425 e. The van der Waals surface area contributed by atoms with E-state index in [1.54, 1.807) is 0 Å². The van der Waals surface area contributed by atoms with Crippen LogP contribution in [0.25, 0.3) is 10.8 Å². The first-order chi connectivity index (χ1) is 6.83. The Labute approximate surface area is 95.7 Å². The molecule has 0 aliphatic carbocycles. The van der Waals surface area contributed by atoms with Crippen LogP contribution in [-0.2, 0) is 0 Å². The van der Waals surface area contributed by atoms with Crippen LogP contribution < -0.4 is 11.5 Å². The molecule has 3 heteroatoms. The molecular formula is C12H15ClN2. The van der Waals surface area contributed by atoms with Gasteiger partial charge in [-0.25, -0.2) is 0 Å². The summed E-state index contributed by atoms with van der Waals surface area (Å²) in [7, 11) is 0.